The Bertz CT molecular complexity index is 777. The van der Waals surface area contributed by atoms with E-state index in [0.29, 0.717) is 21.4 Å². The maximum absolute atomic E-state index is 12.9. The molecule has 0 aromatic heterocycles. The van der Waals surface area contributed by atoms with Gasteiger partial charge in [-0.15, -0.1) is 0 Å². The molecule has 0 unspecified atom stereocenters. The molecule has 2 aromatic carbocycles. The zero-order valence-electron chi connectivity index (χ0n) is 13.0. The van der Waals surface area contributed by atoms with E-state index in [4.69, 9.17) is 23.2 Å². The average molecular weight is 369 g/mol. The molecule has 0 saturated heterocycles. The molecule has 24 heavy (non-hydrogen) atoms. The molecule has 4 nitrogen and oxygen atoms in total. The summed E-state index contributed by atoms with van der Waals surface area (Å²) < 4.78 is 12.9. The number of hydrogen-bond acceptors (Lipinski definition) is 2. The topological polar surface area (TPSA) is 58.2 Å². The van der Waals surface area contributed by atoms with Gasteiger partial charge in [0, 0.05) is 11.4 Å². The van der Waals surface area contributed by atoms with Gasteiger partial charge in [0.25, 0.3) is 0 Å². The minimum Gasteiger partial charge on any atom is -0.325 e. The van der Waals surface area contributed by atoms with Crippen LogP contribution in [0.4, 0.5) is 15.8 Å². The summed E-state index contributed by atoms with van der Waals surface area (Å²) in [6, 6.07) is 9.90. The number of carbonyl (C=O) groups is 2. The quantitative estimate of drug-likeness (QED) is 0.765. The van der Waals surface area contributed by atoms with Crippen LogP contribution in [0.25, 0.3) is 0 Å². The lowest BCUT2D eigenvalue weighted by Gasteiger charge is -2.23. The summed E-state index contributed by atoms with van der Waals surface area (Å²) in [5.41, 5.74) is -0.533. The summed E-state index contributed by atoms with van der Waals surface area (Å²) in [6.45, 7) is 2.97. The van der Waals surface area contributed by atoms with Gasteiger partial charge in [0.2, 0.25) is 11.8 Å². The van der Waals surface area contributed by atoms with Crippen LogP contribution in [0.2, 0.25) is 10.0 Å². The Labute approximate surface area is 149 Å². The van der Waals surface area contributed by atoms with Crippen LogP contribution in [0.1, 0.15) is 13.8 Å². The van der Waals surface area contributed by atoms with Crippen molar-refractivity contribution in [3.63, 3.8) is 0 Å². The highest BCUT2D eigenvalue weighted by molar-refractivity contribution is 6.42. The SMILES string of the molecule is CC(C)(C(=O)Nc1ccc(F)cc1)C(=O)Nc1ccc(Cl)c(Cl)c1. The number of amides is 2. The number of benzene rings is 2. The van der Waals surface area contributed by atoms with Crippen LogP contribution in [0, 0.1) is 11.2 Å². The van der Waals surface area contributed by atoms with Crippen molar-refractivity contribution in [1.82, 2.24) is 0 Å². The lowest BCUT2D eigenvalue weighted by atomic mass is 9.90. The van der Waals surface area contributed by atoms with Crippen LogP contribution >= 0.6 is 23.2 Å². The highest BCUT2D eigenvalue weighted by atomic mass is 35.5. The molecule has 0 aliphatic carbocycles. The smallest absolute Gasteiger partial charge is 0.239 e. The molecule has 0 aliphatic heterocycles. The highest BCUT2D eigenvalue weighted by Crippen LogP contribution is 2.27. The molecule has 0 atom stereocenters. The second-order valence-electron chi connectivity index (χ2n) is 5.67. The van der Waals surface area contributed by atoms with Crippen molar-refractivity contribution in [3.05, 3.63) is 58.3 Å². The van der Waals surface area contributed by atoms with E-state index >= 15 is 0 Å². The van der Waals surface area contributed by atoms with Crippen LogP contribution in [-0.4, -0.2) is 11.8 Å². The molecule has 0 saturated carbocycles. The Morgan fingerprint density at radius 3 is 1.92 bits per heavy atom. The van der Waals surface area contributed by atoms with Gasteiger partial charge in [0.15, 0.2) is 0 Å². The van der Waals surface area contributed by atoms with E-state index in [1.165, 1.54) is 44.2 Å². The van der Waals surface area contributed by atoms with Gasteiger partial charge in [-0.2, -0.15) is 0 Å². The number of anilines is 2. The predicted molar refractivity (Wildman–Crippen MR) is 93.9 cm³/mol. The summed E-state index contributed by atoms with van der Waals surface area (Å²) in [4.78, 5) is 24.8. The van der Waals surface area contributed by atoms with Gasteiger partial charge in [-0.1, -0.05) is 23.2 Å². The molecular weight excluding hydrogens is 354 g/mol. The fourth-order valence-electron chi connectivity index (χ4n) is 1.78. The highest BCUT2D eigenvalue weighted by Gasteiger charge is 2.36. The summed E-state index contributed by atoms with van der Waals surface area (Å²) in [7, 11) is 0. The van der Waals surface area contributed by atoms with Gasteiger partial charge in [-0.3, -0.25) is 9.59 Å². The van der Waals surface area contributed by atoms with E-state index < -0.39 is 23.0 Å². The van der Waals surface area contributed by atoms with E-state index in [0.717, 1.165) is 0 Å². The molecule has 0 radical (unpaired) electrons. The van der Waals surface area contributed by atoms with Crippen LogP contribution in [0.5, 0.6) is 0 Å². The summed E-state index contributed by atoms with van der Waals surface area (Å²) >= 11 is 11.7. The predicted octanol–water partition coefficient (Wildman–Crippen LogP) is 4.74. The maximum Gasteiger partial charge on any atom is 0.239 e. The third kappa shape index (κ3) is 4.24. The fourth-order valence-corrected chi connectivity index (χ4v) is 2.08. The number of carbonyl (C=O) groups excluding carboxylic acids is 2. The summed E-state index contributed by atoms with van der Waals surface area (Å²) in [6.07, 6.45) is 0. The van der Waals surface area contributed by atoms with Crippen molar-refractivity contribution in [2.24, 2.45) is 5.41 Å². The first-order valence-corrected chi connectivity index (χ1v) is 7.79. The first kappa shape index (κ1) is 18.2. The average Bonchev–Trinajstić information content (AvgIpc) is 2.53. The summed E-state index contributed by atoms with van der Waals surface area (Å²) in [5, 5.41) is 5.86. The normalized spacial score (nSPS) is 11.0. The van der Waals surface area contributed by atoms with Crippen molar-refractivity contribution >= 4 is 46.4 Å². The van der Waals surface area contributed by atoms with Crippen LogP contribution in [0.15, 0.2) is 42.5 Å². The zero-order chi connectivity index (χ0) is 17.9. The van der Waals surface area contributed by atoms with Crippen LogP contribution < -0.4 is 10.6 Å². The molecule has 126 valence electrons. The van der Waals surface area contributed by atoms with Crippen molar-refractivity contribution in [3.8, 4) is 0 Å². The van der Waals surface area contributed by atoms with E-state index in [1.807, 2.05) is 0 Å². The monoisotopic (exact) mass is 368 g/mol. The minimum absolute atomic E-state index is 0.294. The third-order valence-corrected chi connectivity index (χ3v) is 4.15. The van der Waals surface area contributed by atoms with E-state index in [-0.39, 0.29) is 0 Å². The van der Waals surface area contributed by atoms with Crippen molar-refractivity contribution in [2.45, 2.75) is 13.8 Å². The van der Waals surface area contributed by atoms with E-state index in [2.05, 4.69) is 10.6 Å². The number of hydrogen-bond donors (Lipinski definition) is 2. The Balaban J connectivity index is 2.09. The molecule has 2 aromatic rings. The molecule has 7 heteroatoms. The second kappa shape index (κ2) is 7.20. The molecule has 2 rings (SSSR count). The molecule has 2 amide bonds. The van der Waals surface area contributed by atoms with E-state index in [1.54, 1.807) is 12.1 Å². The Morgan fingerprint density at radius 1 is 0.875 bits per heavy atom. The third-order valence-electron chi connectivity index (χ3n) is 3.41. The zero-order valence-corrected chi connectivity index (χ0v) is 14.5. The molecule has 0 bridgehead atoms. The number of halogens is 3. The first-order chi connectivity index (χ1) is 11.2. The second-order valence-corrected chi connectivity index (χ2v) is 6.48. The molecule has 0 spiro atoms. The molecule has 0 fully saturated rings. The molecule has 0 aliphatic rings. The lowest BCUT2D eigenvalue weighted by Crippen LogP contribution is -2.41. The van der Waals surface area contributed by atoms with Crippen LogP contribution in [-0.2, 0) is 9.59 Å². The lowest BCUT2D eigenvalue weighted by molar-refractivity contribution is -0.135. The van der Waals surface area contributed by atoms with Gasteiger partial charge in [-0.05, 0) is 56.3 Å². The number of nitrogens with one attached hydrogen (secondary N) is 2. The van der Waals surface area contributed by atoms with Gasteiger partial charge >= 0.3 is 0 Å². The molecule has 0 heterocycles. The Hall–Kier alpha value is -2.11. The van der Waals surface area contributed by atoms with Gasteiger partial charge in [0.1, 0.15) is 11.2 Å². The molecular formula is C17H15Cl2FN2O2. The van der Waals surface area contributed by atoms with Crippen molar-refractivity contribution in [1.29, 1.82) is 0 Å². The van der Waals surface area contributed by atoms with Gasteiger partial charge < -0.3 is 10.6 Å². The Morgan fingerprint density at radius 2 is 1.38 bits per heavy atom. The largest absolute Gasteiger partial charge is 0.325 e. The minimum atomic E-state index is -1.36. The summed E-state index contributed by atoms with van der Waals surface area (Å²) in [5.74, 6) is -1.45. The molecule has 2 N–H and O–H groups in total. The first-order valence-electron chi connectivity index (χ1n) is 7.03. The van der Waals surface area contributed by atoms with Gasteiger partial charge in [0.05, 0.1) is 10.0 Å². The fraction of sp³-hybridized carbons (Fsp3) is 0.176. The number of rotatable bonds is 4. The van der Waals surface area contributed by atoms with Gasteiger partial charge in [-0.25, -0.2) is 4.39 Å². The van der Waals surface area contributed by atoms with Crippen molar-refractivity contribution in [2.75, 3.05) is 10.6 Å². The Kier molecular flexibility index (Phi) is 5.47. The van der Waals surface area contributed by atoms with E-state index in [9.17, 15) is 14.0 Å². The van der Waals surface area contributed by atoms with Crippen molar-refractivity contribution < 1.29 is 14.0 Å². The maximum atomic E-state index is 12.9. The standard InChI is InChI=1S/C17H15Cl2FN2O2/c1-17(2,15(23)21-11-5-3-10(20)4-6-11)16(24)22-12-7-8-13(18)14(19)9-12/h3-9H,1-2H3,(H,21,23)(H,22,24). The van der Waals surface area contributed by atoms with Crippen LogP contribution in [0.3, 0.4) is 0 Å².